The molecule has 1 aromatic rings. The average molecular weight is 311 g/mol. The van der Waals surface area contributed by atoms with Crippen LogP contribution in [0.25, 0.3) is 0 Å². The van der Waals surface area contributed by atoms with Crippen LogP contribution in [0.3, 0.4) is 0 Å². The molecule has 1 aliphatic rings. The van der Waals surface area contributed by atoms with Gasteiger partial charge in [-0.2, -0.15) is 0 Å². The summed E-state index contributed by atoms with van der Waals surface area (Å²) in [7, 11) is 1.98. The molecule has 0 saturated heterocycles. The highest BCUT2D eigenvalue weighted by atomic mass is 79.9. The van der Waals surface area contributed by atoms with Crippen LogP contribution in [0.5, 0.6) is 0 Å². The number of nitrogens with one attached hydrogen (secondary N) is 1. The van der Waals surface area contributed by atoms with Crippen molar-refractivity contribution < 1.29 is 0 Å². The van der Waals surface area contributed by atoms with Crippen molar-refractivity contribution in [2.45, 2.75) is 32.9 Å². The van der Waals surface area contributed by atoms with Crippen LogP contribution in [-0.4, -0.2) is 25.0 Å². The Bertz CT molecular complexity index is 388. The van der Waals surface area contributed by atoms with E-state index >= 15 is 0 Å². The van der Waals surface area contributed by atoms with E-state index < -0.39 is 0 Å². The lowest BCUT2D eigenvalue weighted by Crippen LogP contribution is -2.25. The van der Waals surface area contributed by atoms with E-state index in [0.29, 0.717) is 0 Å². The second kappa shape index (κ2) is 6.69. The molecule has 0 aliphatic heterocycles. The first kappa shape index (κ1) is 14.0. The minimum absolute atomic E-state index is 0.929. The van der Waals surface area contributed by atoms with E-state index in [2.05, 4.69) is 51.3 Å². The Balaban J connectivity index is 1.98. The van der Waals surface area contributed by atoms with Gasteiger partial charge in [0.05, 0.1) is 0 Å². The van der Waals surface area contributed by atoms with Crippen molar-refractivity contribution in [2.24, 2.45) is 5.92 Å². The molecule has 0 atom stereocenters. The first-order valence-corrected chi connectivity index (χ1v) is 7.66. The number of halogens is 1. The van der Waals surface area contributed by atoms with Crippen molar-refractivity contribution in [3.8, 4) is 0 Å². The van der Waals surface area contributed by atoms with Crippen LogP contribution in [0, 0.1) is 5.92 Å². The zero-order valence-electron chi connectivity index (χ0n) is 11.4. The maximum absolute atomic E-state index is 3.70. The van der Waals surface area contributed by atoms with Gasteiger partial charge in [0.15, 0.2) is 0 Å². The normalized spacial score (nSPS) is 15.3. The highest BCUT2D eigenvalue weighted by Gasteiger charge is 2.23. The molecule has 0 aromatic heterocycles. The van der Waals surface area contributed by atoms with E-state index in [9.17, 15) is 0 Å². The van der Waals surface area contributed by atoms with Gasteiger partial charge in [0.25, 0.3) is 0 Å². The Kier molecular flexibility index (Phi) is 5.22. The summed E-state index contributed by atoms with van der Waals surface area (Å²) >= 11 is 3.70. The van der Waals surface area contributed by atoms with Crippen LogP contribution in [0.2, 0.25) is 0 Å². The third kappa shape index (κ3) is 4.08. The largest absolute Gasteiger partial charge is 0.316 e. The summed E-state index contributed by atoms with van der Waals surface area (Å²) in [4.78, 5) is 2.55. The third-order valence-electron chi connectivity index (χ3n) is 3.55. The van der Waals surface area contributed by atoms with Gasteiger partial charge in [0.2, 0.25) is 0 Å². The summed E-state index contributed by atoms with van der Waals surface area (Å²) in [5.74, 6) is 0.965. The quantitative estimate of drug-likeness (QED) is 0.830. The first-order valence-electron chi connectivity index (χ1n) is 6.87. The molecule has 1 fully saturated rings. The van der Waals surface area contributed by atoms with Gasteiger partial charge in [0.1, 0.15) is 0 Å². The third-order valence-corrected chi connectivity index (χ3v) is 4.29. The fourth-order valence-corrected chi connectivity index (χ4v) is 2.80. The van der Waals surface area contributed by atoms with Crippen LogP contribution < -0.4 is 5.32 Å². The zero-order valence-corrected chi connectivity index (χ0v) is 13.0. The summed E-state index contributed by atoms with van der Waals surface area (Å²) in [5, 5.41) is 3.19. The van der Waals surface area contributed by atoms with Gasteiger partial charge in [-0.05, 0) is 49.5 Å². The fourth-order valence-electron chi connectivity index (χ4n) is 2.25. The second-order valence-electron chi connectivity index (χ2n) is 5.23. The molecule has 1 N–H and O–H groups in total. The molecule has 1 aliphatic carbocycles. The number of nitrogens with zero attached hydrogens (tertiary/aromatic N) is 1. The van der Waals surface area contributed by atoms with Crippen LogP contribution >= 0.6 is 15.9 Å². The van der Waals surface area contributed by atoms with Crippen LogP contribution in [-0.2, 0) is 13.1 Å². The summed E-state index contributed by atoms with van der Waals surface area (Å²) < 4.78 is 1.24. The highest BCUT2D eigenvalue weighted by molar-refractivity contribution is 9.10. The SMILES string of the molecule is CCN(Cc1ccc(CNC)cc1Br)CC1CC1. The van der Waals surface area contributed by atoms with Crippen LogP contribution in [0.1, 0.15) is 30.9 Å². The molecular formula is C15H23BrN2. The minimum Gasteiger partial charge on any atom is -0.316 e. The highest BCUT2D eigenvalue weighted by Crippen LogP contribution is 2.30. The van der Waals surface area contributed by atoms with Crippen molar-refractivity contribution in [2.75, 3.05) is 20.1 Å². The lowest BCUT2D eigenvalue weighted by atomic mass is 10.1. The number of hydrogen-bond acceptors (Lipinski definition) is 2. The van der Waals surface area contributed by atoms with E-state index in [4.69, 9.17) is 0 Å². The Morgan fingerprint density at radius 2 is 2.17 bits per heavy atom. The average Bonchev–Trinajstić information content (AvgIpc) is 3.16. The monoisotopic (exact) mass is 310 g/mol. The molecule has 0 radical (unpaired) electrons. The van der Waals surface area contributed by atoms with Gasteiger partial charge >= 0.3 is 0 Å². The molecule has 100 valence electrons. The van der Waals surface area contributed by atoms with E-state index in [1.54, 1.807) is 0 Å². The molecular weight excluding hydrogens is 288 g/mol. The summed E-state index contributed by atoms with van der Waals surface area (Å²) in [6.45, 7) is 6.65. The molecule has 0 amide bonds. The molecule has 1 aromatic carbocycles. The van der Waals surface area contributed by atoms with Crippen LogP contribution in [0.4, 0.5) is 0 Å². The first-order chi connectivity index (χ1) is 8.72. The van der Waals surface area contributed by atoms with Gasteiger partial charge in [-0.25, -0.2) is 0 Å². The van der Waals surface area contributed by atoms with Crippen molar-refractivity contribution in [1.29, 1.82) is 0 Å². The predicted molar refractivity (Wildman–Crippen MR) is 80.6 cm³/mol. The zero-order chi connectivity index (χ0) is 13.0. The Labute approximate surface area is 119 Å². The predicted octanol–water partition coefficient (Wildman–Crippen LogP) is 3.40. The van der Waals surface area contributed by atoms with Crippen molar-refractivity contribution in [1.82, 2.24) is 10.2 Å². The fraction of sp³-hybridized carbons (Fsp3) is 0.600. The van der Waals surface area contributed by atoms with Crippen molar-refractivity contribution in [3.63, 3.8) is 0 Å². The maximum Gasteiger partial charge on any atom is 0.0244 e. The smallest absolute Gasteiger partial charge is 0.0244 e. The molecule has 0 spiro atoms. The number of hydrogen-bond donors (Lipinski definition) is 1. The van der Waals surface area contributed by atoms with Gasteiger partial charge in [-0.3, -0.25) is 4.90 Å². The second-order valence-corrected chi connectivity index (χ2v) is 6.08. The van der Waals surface area contributed by atoms with Gasteiger partial charge in [-0.1, -0.05) is 35.0 Å². The molecule has 0 unspecified atom stereocenters. The minimum atomic E-state index is 0.929. The Hall–Kier alpha value is -0.380. The molecule has 2 nitrogen and oxygen atoms in total. The molecule has 1 saturated carbocycles. The molecule has 0 bridgehead atoms. The summed E-state index contributed by atoms with van der Waals surface area (Å²) in [6, 6.07) is 6.71. The van der Waals surface area contributed by atoms with Gasteiger partial charge in [0, 0.05) is 24.1 Å². The van der Waals surface area contributed by atoms with Crippen LogP contribution in [0.15, 0.2) is 22.7 Å². The van der Waals surface area contributed by atoms with E-state index in [-0.39, 0.29) is 0 Å². The maximum atomic E-state index is 3.70. The summed E-state index contributed by atoms with van der Waals surface area (Å²) in [5.41, 5.74) is 2.73. The molecule has 2 rings (SSSR count). The lowest BCUT2D eigenvalue weighted by molar-refractivity contribution is 0.268. The van der Waals surface area contributed by atoms with Crippen molar-refractivity contribution >= 4 is 15.9 Å². The topological polar surface area (TPSA) is 15.3 Å². The molecule has 3 heteroatoms. The lowest BCUT2D eigenvalue weighted by Gasteiger charge is -2.21. The van der Waals surface area contributed by atoms with Gasteiger partial charge in [-0.15, -0.1) is 0 Å². The Morgan fingerprint density at radius 1 is 1.39 bits per heavy atom. The van der Waals surface area contributed by atoms with E-state index in [1.807, 2.05) is 7.05 Å². The summed E-state index contributed by atoms with van der Waals surface area (Å²) in [6.07, 6.45) is 2.86. The molecule has 18 heavy (non-hydrogen) atoms. The number of rotatable bonds is 7. The number of benzene rings is 1. The standard InChI is InChI=1S/C15H23BrN2/c1-3-18(10-12-4-5-12)11-14-7-6-13(9-17-2)8-15(14)16/h6-8,12,17H,3-5,9-11H2,1-2H3. The van der Waals surface area contributed by atoms with Gasteiger partial charge < -0.3 is 5.32 Å². The molecule has 0 heterocycles. The van der Waals surface area contributed by atoms with E-state index in [1.165, 1.54) is 35.0 Å². The van der Waals surface area contributed by atoms with Crippen molar-refractivity contribution in [3.05, 3.63) is 33.8 Å². The van der Waals surface area contributed by atoms with E-state index in [0.717, 1.165) is 25.6 Å². The Morgan fingerprint density at radius 3 is 2.72 bits per heavy atom.